The minimum Gasteiger partial charge on any atom is -0.485 e. The Hall–Kier alpha value is 0.0483. The van der Waals surface area contributed by atoms with E-state index in [9.17, 15) is 0 Å². The van der Waals surface area contributed by atoms with Crippen LogP contribution in [0.1, 0.15) is 459 Å². The van der Waals surface area contributed by atoms with Gasteiger partial charge >= 0.3 is 21.1 Å². The van der Waals surface area contributed by atoms with Crippen molar-refractivity contribution in [1.82, 2.24) is 0 Å². The van der Waals surface area contributed by atoms with E-state index in [0.717, 1.165) is 74.1 Å². The Morgan fingerprint density at radius 2 is 0.316 bits per heavy atom. The van der Waals surface area contributed by atoms with Gasteiger partial charge in [0.2, 0.25) is 0 Å². The minimum absolute atomic E-state index is 0. The van der Waals surface area contributed by atoms with Crippen molar-refractivity contribution in [1.29, 1.82) is 0 Å². The van der Waals surface area contributed by atoms with Crippen LogP contribution in [0.2, 0.25) is 0 Å². The van der Waals surface area contributed by atoms with E-state index in [2.05, 4.69) is 128 Å². The van der Waals surface area contributed by atoms with E-state index in [4.69, 9.17) is 151 Å². The molecule has 0 radical (unpaired) electrons. The Labute approximate surface area is 804 Å². The summed E-state index contributed by atoms with van der Waals surface area (Å²) in [6.07, 6.45) is 84.0. The van der Waals surface area contributed by atoms with Crippen molar-refractivity contribution in [2.45, 2.75) is 466 Å². The normalized spacial score (nSPS) is 12.1. The molecule has 4 aromatic carbocycles. The molecular formula is C100H168MoN4S12. The van der Waals surface area contributed by atoms with Gasteiger partial charge in [-0.1, -0.05) is 412 Å². The first kappa shape index (κ1) is 117. The van der Waals surface area contributed by atoms with Crippen LogP contribution < -0.4 is 17.2 Å². The molecule has 0 aliphatic carbocycles. The maximum absolute atomic E-state index is 5.59. The number of aryl methyl sites for hydroxylation is 4. The number of benzene rings is 4. The van der Waals surface area contributed by atoms with E-state index in [0.29, 0.717) is 34.5 Å². The minimum atomic E-state index is 0. The predicted molar refractivity (Wildman–Crippen MR) is 551 cm³/mol. The van der Waals surface area contributed by atoms with Gasteiger partial charge in [-0.3, -0.25) is 0 Å². The Balaban J connectivity index is 0.00000153. The fourth-order valence-corrected chi connectivity index (χ4v) is 17.7. The second-order valence-corrected chi connectivity index (χ2v) is 39.1. The van der Waals surface area contributed by atoms with E-state index >= 15 is 0 Å². The van der Waals surface area contributed by atoms with E-state index in [-0.39, 0.29) is 21.1 Å². The van der Waals surface area contributed by atoms with Crippen molar-refractivity contribution in [2.24, 2.45) is 0 Å². The van der Waals surface area contributed by atoms with Crippen molar-refractivity contribution >= 4 is 191 Å². The fraction of sp³-hybridized carbons (Fsp3) is 0.720. The summed E-state index contributed by atoms with van der Waals surface area (Å²) < 4.78 is 4.57. The molecule has 0 aromatic heterocycles. The molecular weight excluding hydrogens is 1740 g/mol. The third kappa shape index (κ3) is 58.9. The molecule has 666 valence electrons. The first-order chi connectivity index (χ1) is 56.5. The molecule has 0 bridgehead atoms. The van der Waals surface area contributed by atoms with Crippen molar-refractivity contribution in [2.75, 3.05) is 0 Å². The molecule has 0 fully saturated rings. The van der Waals surface area contributed by atoms with Gasteiger partial charge in [-0.15, -0.1) is 0 Å². The largest absolute Gasteiger partial charge is 4.00 e. The van der Waals surface area contributed by atoms with Gasteiger partial charge in [0.25, 0.3) is 0 Å². The zero-order valence-corrected chi connectivity index (χ0v) is 87.3. The number of unbranched alkanes of at least 4 members (excludes halogenated alkanes) is 48. The van der Waals surface area contributed by atoms with Crippen LogP contribution >= 0.6 is 48.9 Å². The number of thiocarbonyl (C=S) groups is 4. The van der Waals surface area contributed by atoms with Gasteiger partial charge in [-0.25, -0.2) is 0 Å². The van der Waals surface area contributed by atoms with Gasteiger partial charge in [0, 0.05) is 39.5 Å². The molecule has 0 amide bonds. The van der Waals surface area contributed by atoms with E-state index in [1.165, 1.54) is 404 Å². The van der Waals surface area contributed by atoms with E-state index < -0.39 is 0 Å². The monoisotopic (exact) mass is 1910 g/mol. The Kier molecular flexibility index (Phi) is 83.0. The number of quaternary nitrogens is 4. The van der Waals surface area contributed by atoms with Gasteiger partial charge in [0.1, 0.15) is 22.7 Å². The maximum Gasteiger partial charge on any atom is 4.00 e. The van der Waals surface area contributed by atoms with Gasteiger partial charge in [0.05, 0.1) is 0 Å². The second-order valence-electron chi connectivity index (χ2n) is 33.2. The van der Waals surface area contributed by atoms with E-state index in [1.807, 2.05) is 0 Å². The standard InChI is InChI=1S/4C25H43NS3.Mo/c4*1-3-5-7-9-11-13-15-18-22-19-17-21-24(26(29)25(27)28)23(22)20-16-14-12-10-8-6-4-2;/h4*17,19,21,26H,3-16,18,20H2,1-2H3,(H,27,28);/q;;;;+4/p-4. The first-order valence-corrected chi connectivity index (χ1v) is 52.8. The van der Waals surface area contributed by atoms with E-state index in [1.54, 1.807) is 0 Å². The molecule has 4 N–H and O–H groups in total. The van der Waals surface area contributed by atoms with Gasteiger partial charge < -0.3 is 168 Å². The zero-order valence-electron chi connectivity index (χ0n) is 75.5. The fourth-order valence-electron chi connectivity index (χ4n) is 16.1. The summed E-state index contributed by atoms with van der Waals surface area (Å²) in [4.78, 5) is 0. The molecule has 4 rings (SSSR count). The molecule has 17 heteroatoms. The van der Waals surface area contributed by atoms with Crippen LogP contribution in [0.4, 0.5) is 22.7 Å². The van der Waals surface area contributed by atoms with Crippen molar-refractivity contribution in [3.63, 3.8) is 0 Å². The molecule has 4 nitrogen and oxygen atoms in total. The van der Waals surface area contributed by atoms with Crippen molar-refractivity contribution in [3.8, 4) is 0 Å². The number of nitrogens with one attached hydrogen (secondary N) is 4. The summed E-state index contributed by atoms with van der Waals surface area (Å²) in [6, 6.07) is 26.3. The Morgan fingerprint density at radius 3 is 0.444 bits per heavy atom. The molecule has 0 saturated heterocycles. The smallest absolute Gasteiger partial charge is 0.485 e. The summed E-state index contributed by atoms with van der Waals surface area (Å²) in [7, 11) is 0. The van der Waals surface area contributed by atoms with Crippen LogP contribution in [0, 0.1) is 0 Å². The predicted octanol–water partition coefficient (Wildman–Crippen LogP) is 28.3. The molecule has 0 saturated carbocycles. The number of rotatable bonds is 68. The molecule has 4 aromatic rings. The van der Waals surface area contributed by atoms with Crippen LogP contribution in [0.15, 0.2) is 72.8 Å². The Bertz CT molecular complexity index is 2640. The molecule has 117 heavy (non-hydrogen) atoms. The third-order valence-corrected chi connectivity index (χ3v) is 27.5. The molecule has 0 heterocycles. The first-order valence-electron chi connectivity index (χ1n) is 47.9. The maximum atomic E-state index is 5.59. The van der Waals surface area contributed by atoms with Gasteiger partial charge in [-0.05, 0) is 149 Å². The number of hydrogen-bond acceptors (Lipinski definition) is 12. The summed E-state index contributed by atoms with van der Waals surface area (Å²) in [6.45, 7) is 18.2. The van der Waals surface area contributed by atoms with Crippen LogP contribution in [-0.2, 0) is 174 Å². The Morgan fingerprint density at radius 1 is 0.197 bits per heavy atom. The third-order valence-electron chi connectivity index (χ3n) is 23.1. The van der Waals surface area contributed by atoms with Crippen LogP contribution in [0.25, 0.3) is 0 Å². The SMILES string of the molecule is CCCCCCCCCc1cccc([NH+]([S-])C(=S)[S-])c1CCCCCCCCC.CCCCCCCCCc1cccc([NH+]([S-])C(=S)[S-])c1CCCCCCCCC.CCCCCCCCCc1cccc([NH+]([S-])C(=S)[S-])c1CCCCCCCCC.CCCCCCCCCc1cccc([NH+]([S-])C(=S)[S-])c1CCCCCCCCC.[Mo+4]. The van der Waals surface area contributed by atoms with Crippen molar-refractivity contribution in [3.05, 3.63) is 117 Å². The van der Waals surface area contributed by atoms with Gasteiger partial charge in [-0.2, -0.15) is 0 Å². The summed E-state index contributed by atoms with van der Waals surface area (Å²) >= 11 is 64.2. The van der Waals surface area contributed by atoms with Gasteiger partial charge in [0.15, 0.2) is 0 Å². The summed E-state index contributed by atoms with van der Waals surface area (Å²) in [5, 5.41) is 0. The van der Waals surface area contributed by atoms with Crippen LogP contribution in [-0.4, -0.2) is 17.3 Å². The topological polar surface area (TPSA) is 17.8 Å². The van der Waals surface area contributed by atoms with Crippen molar-refractivity contribution < 1.29 is 38.3 Å². The summed E-state index contributed by atoms with van der Waals surface area (Å²) in [5.41, 5.74) is 16.1. The van der Waals surface area contributed by atoms with Crippen LogP contribution in [0.5, 0.6) is 0 Å². The molecule has 0 spiro atoms. The summed E-state index contributed by atoms with van der Waals surface area (Å²) in [5.74, 6) is 0. The van der Waals surface area contributed by atoms with Crippen LogP contribution in [0.3, 0.4) is 0 Å². The molecule has 0 aliphatic rings. The number of hydrogen-bond donors (Lipinski definition) is 4. The zero-order chi connectivity index (χ0) is 85.3. The molecule has 4 atom stereocenters. The average molecular weight is 1910 g/mol. The average Bonchev–Trinajstić information content (AvgIpc) is 0.847. The molecule has 0 aliphatic heterocycles. The second kappa shape index (κ2) is 83.0. The quantitative estimate of drug-likeness (QED) is 0.0146. The molecule has 4 unspecified atom stereocenters.